The summed E-state index contributed by atoms with van der Waals surface area (Å²) in [4.78, 5) is 12.0. The van der Waals surface area contributed by atoms with Crippen molar-refractivity contribution in [1.82, 2.24) is 15.1 Å². The first-order valence-electron chi connectivity index (χ1n) is 6.58. The second-order valence-electron chi connectivity index (χ2n) is 4.75. The van der Waals surface area contributed by atoms with Gasteiger partial charge in [-0.05, 0) is 25.1 Å². The predicted molar refractivity (Wildman–Crippen MR) is 78.2 cm³/mol. The highest BCUT2D eigenvalue weighted by atomic mass is 35.5. The molecule has 1 amide bonds. The third kappa shape index (κ3) is 2.30. The van der Waals surface area contributed by atoms with Crippen LogP contribution in [-0.4, -0.2) is 22.2 Å². The van der Waals surface area contributed by atoms with Crippen LogP contribution in [0.2, 0.25) is 5.02 Å². The van der Waals surface area contributed by atoms with Crippen LogP contribution in [0.1, 0.15) is 24.9 Å². The molecule has 0 saturated heterocycles. The Morgan fingerprint density at radius 3 is 3.05 bits per heavy atom. The zero-order chi connectivity index (χ0) is 14.1. The fourth-order valence-electron chi connectivity index (χ4n) is 2.33. The van der Waals surface area contributed by atoms with E-state index in [4.69, 9.17) is 11.6 Å². The van der Waals surface area contributed by atoms with Crippen LogP contribution in [0.3, 0.4) is 0 Å². The van der Waals surface area contributed by atoms with Crippen molar-refractivity contribution >= 4 is 23.2 Å². The van der Waals surface area contributed by atoms with E-state index in [1.807, 2.05) is 18.2 Å². The standard InChI is InChI=1S/C14H15ClN4O/c1-2-5-16-13-11-4-3-10(6-12(11)18-14(13)20)19-8-9(15)7-17-19/h3-4,6-8,13,16H,2,5H2,1H3,(H,18,20). The molecular formula is C14H15ClN4O. The van der Waals surface area contributed by atoms with Crippen LogP contribution in [0.15, 0.2) is 30.6 Å². The van der Waals surface area contributed by atoms with Gasteiger partial charge in [0.05, 0.1) is 16.9 Å². The largest absolute Gasteiger partial charge is 0.324 e. The van der Waals surface area contributed by atoms with E-state index in [-0.39, 0.29) is 11.9 Å². The van der Waals surface area contributed by atoms with Crippen LogP contribution in [-0.2, 0) is 4.79 Å². The quantitative estimate of drug-likeness (QED) is 0.910. The van der Waals surface area contributed by atoms with Crippen LogP contribution < -0.4 is 10.6 Å². The predicted octanol–water partition coefficient (Wildman–Crippen LogP) is 2.52. The van der Waals surface area contributed by atoms with Crippen molar-refractivity contribution in [3.8, 4) is 5.69 Å². The zero-order valence-electron chi connectivity index (χ0n) is 11.1. The number of hydrogen-bond acceptors (Lipinski definition) is 3. The molecular weight excluding hydrogens is 276 g/mol. The average Bonchev–Trinajstić information content (AvgIpc) is 2.99. The van der Waals surface area contributed by atoms with Gasteiger partial charge in [0.2, 0.25) is 5.91 Å². The number of rotatable bonds is 4. The summed E-state index contributed by atoms with van der Waals surface area (Å²) >= 11 is 5.87. The summed E-state index contributed by atoms with van der Waals surface area (Å²) in [6, 6.07) is 5.53. The molecule has 5 nitrogen and oxygen atoms in total. The topological polar surface area (TPSA) is 59.0 Å². The number of carbonyl (C=O) groups is 1. The van der Waals surface area contributed by atoms with Crippen molar-refractivity contribution in [2.75, 3.05) is 11.9 Å². The third-order valence-corrected chi connectivity index (χ3v) is 3.48. The van der Waals surface area contributed by atoms with Gasteiger partial charge < -0.3 is 10.6 Å². The number of nitrogens with zero attached hydrogens (tertiary/aromatic N) is 2. The summed E-state index contributed by atoms with van der Waals surface area (Å²) in [5.74, 6) is -0.0101. The van der Waals surface area contributed by atoms with Crippen molar-refractivity contribution < 1.29 is 4.79 Å². The normalized spacial score (nSPS) is 17.1. The van der Waals surface area contributed by atoms with Gasteiger partial charge in [-0.3, -0.25) is 4.79 Å². The minimum atomic E-state index is -0.264. The monoisotopic (exact) mass is 290 g/mol. The molecule has 6 heteroatoms. The molecule has 0 fully saturated rings. The van der Waals surface area contributed by atoms with Crippen molar-refractivity contribution in [1.29, 1.82) is 0 Å². The molecule has 0 radical (unpaired) electrons. The molecule has 20 heavy (non-hydrogen) atoms. The number of benzene rings is 1. The lowest BCUT2D eigenvalue weighted by molar-refractivity contribution is -0.117. The summed E-state index contributed by atoms with van der Waals surface area (Å²) in [6.07, 6.45) is 4.30. The highest BCUT2D eigenvalue weighted by Crippen LogP contribution is 2.32. The second-order valence-corrected chi connectivity index (χ2v) is 5.19. The van der Waals surface area contributed by atoms with Gasteiger partial charge in [-0.15, -0.1) is 0 Å². The molecule has 2 heterocycles. The van der Waals surface area contributed by atoms with Crippen LogP contribution in [0.5, 0.6) is 0 Å². The van der Waals surface area contributed by atoms with E-state index < -0.39 is 0 Å². The van der Waals surface area contributed by atoms with Crippen molar-refractivity contribution in [2.45, 2.75) is 19.4 Å². The molecule has 0 saturated carbocycles. The van der Waals surface area contributed by atoms with Gasteiger partial charge in [0.15, 0.2) is 0 Å². The molecule has 0 spiro atoms. The smallest absolute Gasteiger partial charge is 0.246 e. The van der Waals surface area contributed by atoms with Gasteiger partial charge in [-0.25, -0.2) is 4.68 Å². The number of fused-ring (bicyclic) bond motifs is 1. The van der Waals surface area contributed by atoms with Crippen molar-refractivity contribution in [2.24, 2.45) is 0 Å². The first-order chi connectivity index (χ1) is 9.69. The Morgan fingerprint density at radius 1 is 1.50 bits per heavy atom. The Bertz CT molecular complexity index is 652. The van der Waals surface area contributed by atoms with E-state index in [1.165, 1.54) is 0 Å². The van der Waals surface area contributed by atoms with Crippen LogP contribution in [0.25, 0.3) is 5.69 Å². The summed E-state index contributed by atoms with van der Waals surface area (Å²) < 4.78 is 1.68. The zero-order valence-corrected chi connectivity index (χ0v) is 11.8. The van der Waals surface area contributed by atoms with Gasteiger partial charge in [0, 0.05) is 17.4 Å². The van der Waals surface area contributed by atoms with Crippen molar-refractivity contribution in [3.63, 3.8) is 0 Å². The van der Waals surface area contributed by atoms with Crippen LogP contribution >= 0.6 is 11.6 Å². The summed E-state index contributed by atoms with van der Waals surface area (Å²) in [5.41, 5.74) is 2.67. The van der Waals surface area contributed by atoms with E-state index in [0.29, 0.717) is 5.02 Å². The molecule has 104 valence electrons. The maximum atomic E-state index is 12.0. The second kappa shape index (κ2) is 5.26. The summed E-state index contributed by atoms with van der Waals surface area (Å²) in [7, 11) is 0. The van der Waals surface area contributed by atoms with E-state index in [0.717, 1.165) is 29.9 Å². The minimum Gasteiger partial charge on any atom is -0.324 e. The molecule has 1 aromatic heterocycles. The van der Waals surface area contributed by atoms with Gasteiger partial charge in [-0.1, -0.05) is 24.6 Å². The van der Waals surface area contributed by atoms with E-state index in [1.54, 1.807) is 17.1 Å². The van der Waals surface area contributed by atoms with Gasteiger partial charge >= 0.3 is 0 Å². The van der Waals surface area contributed by atoms with E-state index in [2.05, 4.69) is 22.7 Å². The number of anilines is 1. The van der Waals surface area contributed by atoms with Crippen LogP contribution in [0, 0.1) is 0 Å². The minimum absolute atomic E-state index is 0.0101. The molecule has 0 bridgehead atoms. The maximum absolute atomic E-state index is 12.0. The van der Waals surface area contributed by atoms with Crippen LogP contribution in [0.4, 0.5) is 5.69 Å². The fourth-order valence-corrected chi connectivity index (χ4v) is 2.46. The van der Waals surface area contributed by atoms with Gasteiger partial charge in [0.25, 0.3) is 0 Å². The van der Waals surface area contributed by atoms with Gasteiger partial charge in [-0.2, -0.15) is 5.10 Å². The SMILES string of the molecule is CCCNC1C(=O)Nc2cc(-n3cc(Cl)cn3)ccc21. The highest BCUT2D eigenvalue weighted by Gasteiger charge is 2.29. The molecule has 1 aromatic carbocycles. The third-order valence-electron chi connectivity index (χ3n) is 3.28. The lowest BCUT2D eigenvalue weighted by Gasteiger charge is -2.10. The molecule has 2 aromatic rings. The number of halogens is 1. The number of nitrogens with one attached hydrogen (secondary N) is 2. The molecule has 1 unspecified atom stereocenters. The van der Waals surface area contributed by atoms with Crippen molar-refractivity contribution in [3.05, 3.63) is 41.2 Å². The fraction of sp³-hybridized carbons (Fsp3) is 0.286. The lowest BCUT2D eigenvalue weighted by atomic mass is 10.1. The summed E-state index contributed by atoms with van der Waals surface area (Å²) in [6.45, 7) is 2.89. The number of amides is 1. The Labute approximate surface area is 121 Å². The molecule has 3 rings (SSSR count). The van der Waals surface area contributed by atoms with Gasteiger partial charge in [0.1, 0.15) is 6.04 Å². The number of hydrogen-bond donors (Lipinski definition) is 2. The average molecular weight is 291 g/mol. The molecule has 1 atom stereocenters. The Balaban J connectivity index is 1.91. The first-order valence-corrected chi connectivity index (χ1v) is 6.95. The maximum Gasteiger partial charge on any atom is 0.246 e. The highest BCUT2D eigenvalue weighted by molar-refractivity contribution is 6.30. The molecule has 2 N–H and O–H groups in total. The first kappa shape index (κ1) is 13.1. The Morgan fingerprint density at radius 2 is 2.35 bits per heavy atom. The van der Waals surface area contributed by atoms with E-state index in [9.17, 15) is 4.79 Å². The number of carbonyl (C=O) groups excluding carboxylic acids is 1. The molecule has 1 aliphatic rings. The molecule has 0 aliphatic carbocycles. The summed E-state index contributed by atoms with van der Waals surface area (Å²) in [5, 5.41) is 10.9. The lowest BCUT2D eigenvalue weighted by Crippen LogP contribution is -2.27. The van der Waals surface area contributed by atoms with E-state index >= 15 is 0 Å². The molecule has 1 aliphatic heterocycles. The Kier molecular flexibility index (Phi) is 3.46. The number of aromatic nitrogens is 2. The Hall–Kier alpha value is -1.85.